The number of anilines is 1. The molecule has 4 aromatic rings. The smallest absolute Gasteiger partial charge is 0.291 e. The van der Waals surface area contributed by atoms with Gasteiger partial charge in [0.2, 0.25) is 5.91 Å². The van der Waals surface area contributed by atoms with Crippen LogP contribution in [0.3, 0.4) is 0 Å². The minimum Gasteiger partial charge on any atom is -0.440 e. The van der Waals surface area contributed by atoms with Crippen LogP contribution in [0.1, 0.15) is 24.7 Å². The van der Waals surface area contributed by atoms with E-state index in [0.717, 1.165) is 18.7 Å². The summed E-state index contributed by atoms with van der Waals surface area (Å²) in [5, 5.41) is 2.91. The molecule has 1 saturated carbocycles. The quantitative estimate of drug-likeness (QED) is 0.449. The Hall–Kier alpha value is -2.94. The molecule has 0 atom stereocenters. The number of para-hydroxylation sites is 2. The average Bonchev–Trinajstić information content (AvgIpc) is 3.37. The fourth-order valence-electron chi connectivity index (χ4n) is 3.25. The number of rotatable bonds is 6. The molecule has 0 aliphatic heterocycles. The SMILES string of the molecule is O=C(Cn1c(SC(F)F)nc2ccccc21)Nc1ccc2oc(C3CC3)nc2c1. The number of alkyl halides is 2. The molecule has 148 valence electrons. The summed E-state index contributed by atoms with van der Waals surface area (Å²) in [6.07, 6.45) is 2.18. The van der Waals surface area contributed by atoms with E-state index in [-0.39, 0.29) is 17.6 Å². The Labute approximate surface area is 168 Å². The second kappa shape index (κ2) is 7.14. The lowest BCUT2D eigenvalue weighted by atomic mass is 10.3. The Kier molecular flexibility index (Phi) is 4.46. The zero-order valence-corrected chi connectivity index (χ0v) is 16.0. The van der Waals surface area contributed by atoms with Crippen molar-refractivity contribution >= 4 is 45.5 Å². The van der Waals surface area contributed by atoms with Gasteiger partial charge in [-0.2, -0.15) is 8.78 Å². The molecule has 9 heteroatoms. The topological polar surface area (TPSA) is 73.0 Å². The molecule has 1 aliphatic rings. The van der Waals surface area contributed by atoms with Crippen LogP contribution in [0.25, 0.3) is 22.1 Å². The number of amides is 1. The number of oxazole rings is 1. The van der Waals surface area contributed by atoms with Gasteiger partial charge in [0.15, 0.2) is 16.6 Å². The molecule has 1 amide bonds. The zero-order chi connectivity index (χ0) is 20.0. The number of hydrogen-bond acceptors (Lipinski definition) is 5. The molecule has 0 radical (unpaired) electrons. The molecule has 0 saturated heterocycles. The van der Waals surface area contributed by atoms with E-state index >= 15 is 0 Å². The van der Waals surface area contributed by atoms with Gasteiger partial charge in [-0.05, 0) is 54.9 Å². The van der Waals surface area contributed by atoms with Gasteiger partial charge in [0.05, 0.1) is 11.0 Å². The van der Waals surface area contributed by atoms with Gasteiger partial charge in [-0.3, -0.25) is 4.79 Å². The molecule has 1 aliphatic carbocycles. The number of halogens is 2. The van der Waals surface area contributed by atoms with E-state index in [4.69, 9.17) is 4.42 Å². The maximum atomic E-state index is 12.9. The van der Waals surface area contributed by atoms with Gasteiger partial charge in [0.1, 0.15) is 12.1 Å². The molecule has 0 spiro atoms. The summed E-state index contributed by atoms with van der Waals surface area (Å²) in [5.41, 5.74) is 3.14. The Bertz CT molecular complexity index is 1220. The van der Waals surface area contributed by atoms with Gasteiger partial charge in [0.25, 0.3) is 5.76 Å². The summed E-state index contributed by atoms with van der Waals surface area (Å²) >= 11 is 0.328. The number of benzene rings is 2. The minimum atomic E-state index is -2.62. The monoisotopic (exact) mass is 414 g/mol. The Morgan fingerprint density at radius 3 is 2.83 bits per heavy atom. The number of thioether (sulfide) groups is 1. The number of carbonyl (C=O) groups is 1. The molecule has 2 aromatic heterocycles. The first kappa shape index (κ1) is 18.1. The maximum absolute atomic E-state index is 12.9. The molecule has 1 N–H and O–H groups in total. The summed E-state index contributed by atoms with van der Waals surface area (Å²) in [7, 11) is 0. The zero-order valence-electron chi connectivity index (χ0n) is 15.1. The van der Waals surface area contributed by atoms with Crippen LogP contribution in [0.5, 0.6) is 0 Å². The largest absolute Gasteiger partial charge is 0.440 e. The summed E-state index contributed by atoms with van der Waals surface area (Å²) in [6, 6.07) is 12.3. The normalized spacial score (nSPS) is 14.2. The molecule has 5 rings (SSSR count). The molecule has 6 nitrogen and oxygen atoms in total. The number of fused-ring (bicyclic) bond motifs is 2. The molecular weight excluding hydrogens is 398 g/mol. The van der Waals surface area contributed by atoms with Crippen molar-refractivity contribution in [1.29, 1.82) is 0 Å². The summed E-state index contributed by atoms with van der Waals surface area (Å²) in [5.74, 6) is -1.82. The van der Waals surface area contributed by atoms with E-state index in [1.165, 1.54) is 4.57 Å². The first-order valence-corrected chi connectivity index (χ1v) is 10.1. The van der Waals surface area contributed by atoms with Gasteiger partial charge >= 0.3 is 0 Å². The summed E-state index contributed by atoms with van der Waals surface area (Å²) in [6.45, 7) is -0.125. The van der Waals surface area contributed by atoms with Crippen LogP contribution in [0.4, 0.5) is 14.5 Å². The number of aromatic nitrogens is 3. The van der Waals surface area contributed by atoms with Gasteiger partial charge in [-0.25, -0.2) is 9.97 Å². The van der Waals surface area contributed by atoms with Gasteiger partial charge < -0.3 is 14.3 Å². The molecule has 2 aromatic carbocycles. The number of carbonyl (C=O) groups excluding carboxylic acids is 1. The number of imidazole rings is 1. The molecular formula is C20H16F2N4O2S. The second-order valence-corrected chi connectivity index (χ2v) is 7.86. The minimum absolute atomic E-state index is 0.109. The Morgan fingerprint density at radius 2 is 2.03 bits per heavy atom. The van der Waals surface area contributed by atoms with Crippen molar-refractivity contribution in [3.63, 3.8) is 0 Å². The van der Waals surface area contributed by atoms with E-state index in [9.17, 15) is 13.6 Å². The Balaban J connectivity index is 1.38. The lowest BCUT2D eigenvalue weighted by molar-refractivity contribution is -0.116. The van der Waals surface area contributed by atoms with Crippen LogP contribution in [0, 0.1) is 0 Å². The average molecular weight is 414 g/mol. The van der Waals surface area contributed by atoms with E-state index in [1.807, 2.05) is 0 Å². The van der Waals surface area contributed by atoms with Crippen molar-refractivity contribution in [2.75, 3.05) is 5.32 Å². The third kappa shape index (κ3) is 3.69. The number of hydrogen-bond donors (Lipinski definition) is 1. The third-order valence-electron chi connectivity index (χ3n) is 4.73. The molecule has 29 heavy (non-hydrogen) atoms. The molecule has 2 heterocycles. The van der Waals surface area contributed by atoms with Gasteiger partial charge in [-0.15, -0.1) is 0 Å². The van der Waals surface area contributed by atoms with Crippen molar-refractivity contribution in [2.45, 2.75) is 36.2 Å². The highest BCUT2D eigenvalue weighted by Crippen LogP contribution is 2.40. The van der Waals surface area contributed by atoms with Crippen molar-refractivity contribution < 1.29 is 18.0 Å². The second-order valence-electron chi connectivity index (χ2n) is 6.90. The van der Waals surface area contributed by atoms with Gasteiger partial charge in [0, 0.05) is 11.6 Å². The predicted octanol–water partition coefficient (Wildman–Crippen LogP) is 5.01. The lowest BCUT2D eigenvalue weighted by Gasteiger charge is -2.09. The van der Waals surface area contributed by atoms with Crippen LogP contribution in [0.2, 0.25) is 0 Å². The Morgan fingerprint density at radius 1 is 1.21 bits per heavy atom. The van der Waals surface area contributed by atoms with Crippen molar-refractivity contribution in [3.8, 4) is 0 Å². The van der Waals surface area contributed by atoms with Crippen LogP contribution >= 0.6 is 11.8 Å². The van der Waals surface area contributed by atoms with Crippen LogP contribution < -0.4 is 5.32 Å². The first-order valence-electron chi connectivity index (χ1n) is 9.17. The number of nitrogens with one attached hydrogen (secondary N) is 1. The van der Waals surface area contributed by atoms with Crippen molar-refractivity contribution in [2.24, 2.45) is 0 Å². The van der Waals surface area contributed by atoms with E-state index in [1.54, 1.807) is 42.5 Å². The van der Waals surface area contributed by atoms with E-state index in [0.29, 0.717) is 45.5 Å². The molecule has 1 fully saturated rings. The summed E-state index contributed by atoms with van der Waals surface area (Å²) in [4.78, 5) is 21.3. The fourth-order valence-corrected chi connectivity index (χ4v) is 3.85. The standard InChI is InChI=1S/C20H16F2N4O2S/c21-19(22)29-20-25-13-3-1-2-4-15(13)26(20)10-17(27)23-12-7-8-16-14(9-12)24-18(28-16)11-5-6-11/h1-4,7-9,11,19H,5-6,10H2,(H,23,27). The van der Waals surface area contributed by atoms with Crippen LogP contribution in [-0.4, -0.2) is 26.2 Å². The highest BCUT2D eigenvalue weighted by molar-refractivity contribution is 7.99. The predicted molar refractivity (Wildman–Crippen MR) is 106 cm³/mol. The van der Waals surface area contributed by atoms with Gasteiger partial charge in [-0.1, -0.05) is 12.1 Å². The molecule has 0 bridgehead atoms. The van der Waals surface area contributed by atoms with Crippen molar-refractivity contribution in [1.82, 2.24) is 14.5 Å². The molecule has 0 unspecified atom stereocenters. The van der Waals surface area contributed by atoms with E-state index in [2.05, 4.69) is 15.3 Å². The van der Waals surface area contributed by atoms with Crippen molar-refractivity contribution in [3.05, 3.63) is 48.4 Å². The highest BCUT2D eigenvalue weighted by Gasteiger charge is 2.29. The van der Waals surface area contributed by atoms with Crippen LogP contribution in [0.15, 0.2) is 52.0 Å². The third-order valence-corrected chi connectivity index (χ3v) is 5.43. The fraction of sp³-hybridized carbons (Fsp3) is 0.250. The first-order chi connectivity index (χ1) is 14.1. The van der Waals surface area contributed by atoms with Crippen LogP contribution in [-0.2, 0) is 11.3 Å². The lowest BCUT2D eigenvalue weighted by Crippen LogP contribution is -2.19. The maximum Gasteiger partial charge on any atom is 0.291 e. The highest BCUT2D eigenvalue weighted by atomic mass is 32.2. The number of nitrogens with zero attached hydrogens (tertiary/aromatic N) is 3. The summed E-state index contributed by atoms with van der Waals surface area (Å²) < 4.78 is 33.1. The van der Waals surface area contributed by atoms with E-state index < -0.39 is 5.76 Å².